The van der Waals surface area contributed by atoms with Crippen LogP contribution >= 0.6 is 0 Å². The molecule has 38 heavy (non-hydrogen) atoms. The fourth-order valence-corrected chi connectivity index (χ4v) is 7.07. The van der Waals surface area contributed by atoms with E-state index in [1.165, 1.54) is 4.90 Å². The Kier molecular flexibility index (Phi) is 8.37. The third-order valence-corrected chi connectivity index (χ3v) is 9.04. The molecule has 3 aliphatic rings. The van der Waals surface area contributed by atoms with Crippen molar-refractivity contribution in [3.63, 3.8) is 0 Å². The molecule has 0 radical (unpaired) electrons. The molecule has 3 saturated heterocycles. The number of amides is 3. The van der Waals surface area contributed by atoms with Crippen molar-refractivity contribution in [3.05, 3.63) is 24.3 Å². The number of anilines is 2. The maximum atomic E-state index is 14.1. The monoisotopic (exact) mass is 528 g/mol. The minimum absolute atomic E-state index is 0.182. The lowest BCUT2D eigenvalue weighted by Gasteiger charge is -2.37. The van der Waals surface area contributed by atoms with Crippen molar-refractivity contribution in [1.82, 2.24) is 10.2 Å². The number of aliphatic hydroxyl groups excluding tert-OH is 1. The molecule has 3 heterocycles. The van der Waals surface area contributed by atoms with Gasteiger partial charge in [-0.15, -0.1) is 0 Å². The van der Waals surface area contributed by atoms with Crippen molar-refractivity contribution in [2.45, 2.75) is 90.0 Å². The van der Waals surface area contributed by atoms with E-state index in [0.717, 1.165) is 25.2 Å². The molecular formula is C29H44N4O5. The zero-order valence-electron chi connectivity index (χ0n) is 23.5. The first-order valence-corrected chi connectivity index (χ1v) is 14.3. The predicted molar refractivity (Wildman–Crippen MR) is 147 cm³/mol. The number of aliphatic hydroxyl groups is 1. The lowest BCUT2D eigenvalue weighted by atomic mass is 9.65. The van der Waals surface area contributed by atoms with Crippen LogP contribution in [-0.2, 0) is 19.1 Å². The van der Waals surface area contributed by atoms with Crippen molar-refractivity contribution < 1.29 is 24.2 Å². The smallest absolute Gasteiger partial charge is 0.250 e. The van der Waals surface area contributed by atoms with E-state index in [4.69, 9.17) is 4.74 Å². The summed E-state index contributed by atoms with van der Waals surface area (Å²) in [6.07, 6.45) is 2.99. The number of hydrogen-bond donors (Lipinski definition) is 3. The van der Waals surface area contributed by atoms with Gasteiger partial charge in [-0.1, -0.05) is 20.8 Å². The van der Waals surface area contributed by atoms with E-state index in [0.29, 0.717) is 37.9 Å². The molecule has 1 spiro atoms. The van der Waals surface area contributed by atoms with Crippen LogP contribution in [0.5, 0.6) is 0 Å². The molecule has 9 heteroatoms. The quantitative estimate of drug-likeness (QED) is 0.385. The molecule has 9 nitrogen and oxygen atoms in total. The minimum atomic E-state index is -1.10. The molecule has 3 N–H and O–H groups in total. The molecule has 0 saturated carbocycles. The van der Waals surface area contributed by atoms with Gasteiger partial charge in [-0.3, -0.25) is 14.4 Å². The number of carbonyl (C=O) groups excluding carboxylic acids is 3. The fraction of sp³-hybridized carbons (Fsp3) is 0.690. The fourth-order valence-electron chi connectivity index (χ4n) is 7.07. The summed E-state index contributed by atoms with van der Waals surface area (Å²) in [6, 6.07) is 6.21. The summed E-state index contributed by atoms with van der Waals surface area (Å²) in [5, 5.41) is 16.2. The Bertz CT molecular complexity index is 1020. The molecule has 210 valence electrons. The average molecular weight is 529 g/mol. The van der Waals surface area contributed by atoms with E-state index < -0.39 is 35.1 Å². The second-order valence-electron chi connectivity index (χ2n) is 10.8. The highest BCUT2D eigenvalue weighted by atomic mass is 16.5. The molecule has 2 unspecified atom stereocenters. The van der Waals surface area contributed by atoms with Crippen LogP contribution in [0.3, 0.4) is 0 Å². The summed E-state index contributed by atoms with van der Waals surface area (Å²) >= 11 is 0. The summed E-state index contributed by atoms with van der Waals surface area (Å²) < 4.78 is 6.75. The van der Waals surface area contributed by atoms with Gasteiger partial charge in [0, 0.05) is 31.0 Å². The van der Waals surface area contributed by atoms with Crippen molar-refractivity contribution >= 4 is 29.1 Å². The third kappa shape index (κ3) is 4.37. The average Bonchev–Trinajstić information content (AvgIpc) is 3.53. The highest BCUT2D eigenvalue weighted by Gasteiger charge is 2.79. The van der Waals surface area contributed by atoms with Crippen LogP contribution in [0.15, 0.2) is 24.3 Å². The van der Waals surface area contributed by atoms with Crippen LogP contribution in [0.2, 0.25) is 0 Å². The van der Waals surface area contributed by atoms with Crippen molar-refractivity contribution in [2.75, 3.05) is 36.5 Å². The van der Waals surface area contributed by atoms with E-state index in [2.05, 4.69) is 29.4 Å². The second kappa shape index (κ2) is 11.2. The predicted octanol–water partition coefficient (Wildman–Crippen LogP) is 2.92. The van der Waals surface area contributed by atoms with Crippen LogP contribution < -0.4 is 15.5 Å². The topological polar surface area (TPSA) is 111 Å². The van der Waals surface area contributed by atoms with Gasteiger partial charge in [0.25, 0.3) is 0 Å². The first-order valence-electron chi connectivity index (χ1n) is 14.3. The molecule has 1 aromatic carbocycles. The summed E-state index contributed by atoms with van der Waals surface area (Å²) in [5.74, 6) is -2.21. The molecule has 3 aliphatic heterocycles. The first-order chi connectivity index (χ1) is 18.3. The van der Waals surface area contributed by atoms with Crippen LogP contribution in [-0.4, -0.2) is 77.3 Å². The van der Waals surface area contributed by atoms with Gasteiger partial charge >= 0.3 is 0 Å². The Hall–Kier alpha value is -2.65. The van der Waals surface area contributed by atoms with Crippen LogP contribution in [0, 0.1) is 11.8 Å². The molecule has 6 atom stereocenters. The van der Waals surface area contributed by atoms with E-state index in [1.807, 2.05) is 45.0 Å². The van der Waals surface area contributed by atoms with Gasteiger partial charge in [0.2, 0.25) is 17.7 Å². The molecule has 4 rings (SSSR count). The number of nitrogens with zero attached hydrogens (tertiary/aromatic N) is 2. The van der Waals surface area contributed by atoms with Crippen LogP contribution in [0.25, 0.3) is 0 Å². The molecular weight excluding hydrogens is 484 g/mol. The number of hydrogen-bond acceptors (Lipinski definition) is 6. The summed E-state index contributed by atoms with van der Waals surface area (Å²) in [5.41, 5.74) is -0.172. The van der Waals surface area contributed by atoms with Crippen LogP contribution in [0.1, 0.15) is 66.7 Å². The highest BCUT2D eigenvalue weighted by Crippen LogP contribution is 2.64. The minimum Gasteiger partial charge on any atom is -0.394 e. The molecule has 0 aromatic heterocycles. The van der Waals surface area contributed by atoms with Gasteiger partial charge in [0.05, 0.1) is 30.1 Å². The van der Waals surface area contributed by atoms with Crippen LogP contribution in [0.4, 0.5) is 11.4 Å². The lowest BCUT2D eigenvalue weighted by Crippen LogP contribution is -2.56. The van der Waals surface area contributed by atoms with E-state index in [-0.39, 0.29) is 24.3 Å². The van der Waals surface area contributed by atoms with Gasteiger partial charge in [-0.05, 0) is 70.2 Å². The highest BCUT2D eigenvalue weighted by molar-refractivity contribution is 6.04. The zero-order chi connectivity index (χ0) is 27.7. The number of benzene rings is 1. The van der Waals surface area contributed by atoms with E-state index >= 15 is 0 Å². The normalized spacial score (nSPS) is 30.3. The van der Waals surface area contributed by atoms with Gasteiger partial charge in [-0.2, -0.15) is 0 Å². The van der Waals surface area contributed by atoms with E-state index in [9.17, 15) is 19.5 Å². The molecule has 1 aromatic rings. The summed E-state index contributed by atoms with van der Waals surface area (Å²) in [4.78, 5) is 45.3. The third-order valence-electron chi connectivity index (χ3n) is 9.04. The number of fused-ring (bicyclic) bond motifs is 1. The van der Waals surface area contributed by atoms with E-state index in [1.54, 1.807) is 0 Å². The Balaban J connectivity index is 1.70. The van der Waals surface area contributed by atoms with Crippen molar-refractivity contribution in [3.8, 4) is 0 Å². The summed E-state index contributed by atoms with van der Waals surface area (Å²) in [6.45, 7) is 12.1. The lowest BCUT2D eigenvalue weighted by molar-refractivity contribution is -0.149. The maximum absolute atomic E-state index is 14.1. The standard InChI is InChI=1S/C29H44N4O5/c1-6-17-30-25(35)22-23-27(37)33(20(7-2)18-34)24(29(23)16-15-28(22,8-3)38-29)26(36)31-19-11-13-21(14-12-19)32(9-4)10-5/h11-14,20,22-24,34H,6-10,15-18H2,1-5H3,(H,30,35)(H,31,36)/t20-,22-,23-,24?,28+,29?/m0/s1. The molecule has 3 amide bonds. The van der Waals surface area contributed by atoms with Gasteiger partial charge in [-0.25, -0.2) is 0 Å². The molecule has 0 aliphatic carbocycles. The Labute approximate surface area is 226 Å². The zero-order valence-corrected chi connectivity index (χ0v) is 23.5. The number of nitrogens with one attached hydrogen (secondary N) is 2. The van der Waals surface area contributed by atoms with Gasteiger partial charge < -0.3 is 30.3 Å². The number of ether oxygens (including phenoxy) is 1. The SMILES string of the molecule is CCCNC(=O)[C@@H]1[C@H]2C(=O)N([C@@H](CC)CO)C(C(=O)Nc3ccc(N(CC)CC)cc3)C23CC[C@@]1(CC)O3. The van der Waals surface area contributed by atoms with Crippen molar-refractivity contribution in [1.29, 1.82) is 0 Å². The van der Waals surface area contributed by atoms with Gasteiger partial charge in [0.1, 0.15) is 11.6 Å². The Morgan fingerprint density at radius 2 is 1.79 bits per heavy atom. The number of carbonyl (C=O) groups is 3. The number of likely N-dealkylation sites (tertiary alicyclic amines) is 1. The summed E-state index contributed by atoms with van der Waals surface area (Å²) in [7, 11) is 0. The largest absolute Gasteiger partial charge is 0.394 e. The molecule has 3 fully saturated rings. The Morgan fingerprint density at radius 1 is 1.11 bits per heavy atom. The number of rotatable bonds is 12. The van der Waals surface area contributed by atoms with Crippen molar-refractivity contribution in [2.24, 2.45) is 11.8 Å². The second-order valence-corrected chi connectivity index (χ2v) is 10.8. The maximum Gasteiger partial charge on any atom is 0.250 e. The first kappa shape index (κ1) is 28.4. The Morgan fingerprint density at radius 3 is 2.34 bits per heavy atom. The van der Waals surface area contributed by atoms with Gasteiger partial charge in [0.15, 0.2) is 0 Å². The molecule has 2 bridgehead atoms.